The van der Waals surface area contributed by atoms with Gasteiger partial charge in [0.1, 0.15) is 0 Å². The third-order valence-electron chi connectivity index (χ3n) is 1.66. The summed E-state index contributed by atoms with van der Waals surface area (Å²) in [5.41, 5.74) is 1.27. The zero-order valence-electron chi connectivity index (χ0n) is 6.62. The monoisotopic (exact) mass is 164 g/mol. The minimum atomic E-state index is 0.490. The Hall–Kier alpha value is -0.690. The van der Waals surface area contributed by atoms with Crippen molar-refractivity contribution in [2.75, 3.05) is 0 Å². The van der Waals surface area contributed by atoms with Crippen LogP contribution >= 0.6 is 12.6 Å². The number of allylic oxidation sites excluding steroid dienone is 6. The van der Waals surface area contributed by atoms with Gasteiger partial charge in [-0.05, 0) is 22.5 Å². The van der Waals surface area contributed by atoms with E-state index in [4.69, 9.17) is 0 Å². The van der Waals surface area contributed by atoms with Gasteiger partial charge in [-0.3, -0.25) is 0 Å². The molecule has 0 bridgehead atoms. The Bertz CT molecular complexity index is 244. The highest BCUT2D eigenvalue weighted by atomic mass is 32.1. The third-order valence-corrected chi connectivity index (χ3v) is 1.79. The van der Waals surface area contributed by atoms with Gasteiger partial charge >= 0.3 is 0 Å². The zero-order valence-corrected chi connectivity index (χ0v) is 7.51. The molecule has 11 heavy (non-hydrogen) atoms. The predicted molar refractivity (Wildman–Crippen MR) is 53.7 cm³/mol. The van der Waals surface area contributed by atoms with Crippen LogP contribution in [0.15, 0.2) is 47.4 Å². The predicted octanol–water partition coefficient (Wildman–Crippen LogP) is 3.12. The van der Waals surface area contributed by atoms with Gasteiger partial charge < -0.3 is 0 Å². The van der Waals surface area contributed by atoms with E-state index in [9.17, 15) is 0 Å². The number of thiol groups is 1. The molecule has 0 aromatic rings. The molecular formula is C10H12S. The van der Waals surface area contributed by atoms with Gasteiger partial charge in [0.2, 0.25) is 0 Å². The smallest absolute Gasteiger partial charge is 0.000692 e. The first-order chi connectivity index (χ1) is 5.20. The van der Waals surface area contributed by atoms with Crippen molar-refractivity contribution < 1.29 is 0 Å². The van der Waals surface area contributed by atoms with Crippen LogP contribution in [0.3, 0.4) is 0 Å². The summed E-state index contributed by atoms with van der Waals surface area (Å²) < 4.78 is 0. The van der Waals surface area contributed by atoms with E-state index in [0.29, 0.717) is 5.92 Å². The standard InChI is InChI=1S/C10H12S/c1-8-5-3-4-6-10(8)7-9(2)11/h3-8,11H,2H2,1H3/b10-7-. The summed E-state index contributed by atoms with van der Waals surface area (Å²) in [6, 6.07) is 0. The van der Waals surface area contributed by atoms with Crippen molar-refractivity contribution in [2.45, 2.75) is 6.92 Å². The molecule has 58 valence electrons. The molecule has 0 saturated heterocycles. The molecule has 0 heterocycles. The molecule has 0 saturated carbocycles. The van der Waals surface area contributed by atoms with E-state index in [-0.39, 0.29) is 0 Å². The highest BCUT2D eigenvalue weighted by Crippen LogP contribution is 2.19. The van der Waals surface area contributed by atoms with Crippen molar-refractivity contribution in [1.82, 2.24) is 0 Å². The maximum Gasteiger partial charge on any atom is -0.000692 e. The fourth-order valence-corrected chi connectivity index (χ4v) is 1.18. The van der Waals surface area contributed by atoms with Gasteiger partial charge in [-0.1, -0.05) is 37.8 Å². The Morgan fingerprint density at radius 2 is 2.36 bits per heavy atom. The van der Waals surface area contributed by atoms with Crippen molar-refractivity contribution in [1.29, 1.82) is 0 Å². The van der Waals surface area contributed by atoms with Gasteiger partial charge in [-0.15, -0.1) is 12.6 Å². The first-order valence-electron chi connectivity index (χ1n) is 3.64. The molecule has 1 atom stereocenters. The summed E-state index contributed by atoms with van der Waals surface area (Å²) in [5, 5.41) is 0. The van der Waals surface area contributed by atoms with Crippen LogP contribution in [0, 0.1) is 5.92 Å². The summed E-state index contributed by atoms with van der Waals surface area (Å²) in [4.78, 5) is 0.812. The van der Waals surface area contributed by atoms with E-state index in [1.807, 2.05) is 12.2 Å². The number of hydrogen-bond donors (Lipinski definition) is 1. The van der Waals surface area contributed by atoms with Crippen LogP contribution < -0.4 is 0 Å². The molecule has 1 heteroatoms. The van der Waals surface area contributed by atoms with Crippen molar-refractivity contribution in [3.05, 3.63) is 47.4 Å². The summed E-state index contributed by atoms with van der Waals surface area (Å²) in [7, 11) is 0. The molecule has 0 amide bonds. The van der Waals surface area contributed by atoms with Gasteiger partial charge in [0.05, 0.1) is 0 Å². The molecular weight excluding hydrogens is 152 g/mol. The molecule has 1 rings (SSSR count). The van der Waals surface area contributed by atoms with Crippen LogP contribution in [-0.2, 0) is 0 Å². The Morgan fingerprint density at radius 1 is 1.64 bits per heavy atom. The number of hydrogen-bond acceptors (Lipinski definition) is 1. The summed E-state index contributed by atoms with van der Waals surface area (Å²) in [6.07, 6.45) is 10.3. The Balaban J connectivity index is 2.81. The first kappa shape index (κ1) is 8.41. The lowest BCUT2D eigenvalue weighted by Gasteiger charge is -2.10. The topological polar surface area (TPSA) is 0 Å². The average molecular weight is 164 g/mol. The van der Waals surface area contributed by atoms with Gasteiger partial charge in [0.15, 0.2) is 0 Å². The van der Waals surface area contributed by atoms with Crippen LogP contribution in [0.4, 0.5) is 0 Å². The highest BCUT2D eigenvalue weighted by Gasteiger charge is 2.03. The van der Waals surface area contributed by atoms with Crippen LogP contribution in [-0.4, -0.2) is 0 Å². The van der Waals surface area contributed by atoms with Crippen molar-refractivity contribution >= 4 is 12.6 Å². The number of rotatable bonds is 1. The summed E-state index contributed by atoms with van der Waals surface area (Å²) in [6.45, 7) is 5.87. The molecule has 1 aliphatic carbocycles. The van der Waals surface area contributed by atoms with Crippen molar-refractivity contribution in [3.8, 4) is 0 Å². The molecule has 0 aromatic carbocycles. The second-order valence-electron chi connectivity index (χ2n) is 2.67. The molecule has 0 aliphatic heterocycles. The summed E-state index contributed by atoms with van der Waals surface area (Å²) >= 11 is 4.12. The SMILES string of the molecule is C=C(S)/C=C1/C=CC=CC1C. The zero-order chi connectivity index (χ0) is 8.27. The first-order valence-corrected chi connectivity index (χ1v) is 4.09. The fraction of sp³-hybridized carbons (Fsp3) is 0.200. The molecule has 1 unspecified atom stereocenters. The minimum absolute atomic E-state index is 0.490. The van der Waals surface area contributed by atoms with E-state index >= 15 is 0 Å². The van der Waals surface area contributed by atoms with Crippen molar-refractivity contribution in [3.63, 3.8) is 0 Å². The van der Waals surface area contributed by atoms with E-state index in [2.05, 4.69) is 44.4 Å². The maximum atomic E-state index is 4.12. The normalized spacial score (nSPS) is 26.0. The van der Waals surface area contributed by atoms with Gasteiger partial charge in [-0.25, -0.2) is 0 Å². The minimum Gasteiger partial charge on any atom is -0.144 e. The lowest BCUT2D eigenvalue weighted by atomic mass is 9.96. The third kappa shape index (κ3) is 2.43. The largest absolute Gasteiger partial charge is 0.144 e. The quantitative estimate of drug-likeness (QED) is 0.566. The summed E-state index contributed by atoms with van der Waals surface area (Å²) in [5.74, 6) is 0.490. The Labute approximate surface area is 73.4 Å². The van der Waals surface area contributed by atoms with Crippen LogP contribution in [0.2, 0.25) is 0 Å². The van der Waals surface area contributed by atoms with E-state index in [1.165, 1.54) is 5.57 Å². The average Bonchev–Trinajstić information content (AvgIpc) is 1.93. The molecule has 0 radical (unpaired) electrons. The van der Waals surface area contributed by atoms with E-state index in [1.54, 1.807) is 0 Å². The molecule has 0 N–H and O–H groups in total. The molecule has 0 aromatic heterocycles. The molecule has 0 fully saturated rings. The Morgan fingerprint density at radius 3 is 2.91 bits per heavy atom. The molecule has 0 nitrogen and oxygen atoms in total. The fourth-order valence-electron chi connectivity index (χ4n) is 1.03. The van der Waals surface area contributed by atoms with Gasteiger partial charge in [0.25, 0.3) is 0 Å². The maximum absolute atomic E-state index is 4.12. The second-order valence-corrected chi connectivity index (χ2v) is 3.24. The van der Waals surface area contributed by atoms with Crippen LogP contribution in [0.1, 0.15) is 6.92 Å². The highest BCUT2D eigenvalue weighted by molar-refractivity contribution is 7.84. The molecule has 0 spiro atoms. The van der Waals surface area contributed by atoms with Crippen molar-refractivity contribution in [2.24, 2.45) is 5.92 Å². The van der Waals surface area contributed by atoms with Gasteiger partial charge in [-0.2, -0.15) is 0 Å². The lowest BCUT2D eigenvalue weighted by Crippen LogP contribution is -1.95. The lowest BCUT2D eigenvalue weighted by molar-refractivity contribution is 0.883. The molecule has 1 aliphatic rings. The van der Waals surface area contributed by atoms with Crippen LogP contribution in [0.5, 0.6) is 0 Å². The Kier molecular flexibility index (Phi) is 2.77. The van der Waals surface area contributed by atoms with E-state index in [0.717, 1.165) is 4.91 Å². The second kappa shape index (κ2) is 3.63. The van der Waals surface area contributed by atoms with E-state index < -0.39 is 0 Å². The van der Waals surface area contributed by atoms with Gasteiger partial charge in [0, 0.05) is 0 Å². The van der Waals surface area contributed by atoms with Crippen LogP contribution in [0.25, 0.3) is 0 Å².